The smallest absolute Gasteiger partial charge is 0.229 e. The molecule has 6 nitrogen and oxygen atoms in total. The van der Waals surface area contributed by atoms with Gasteiger partial charge < -0.3 is 20.9 Å². The standard InChI is InChI=1S/C26H32Cl3N5OS/c1-16(2)21(18-9-11-19(30)12-10-18)22(17(3)4)23(35)32-24(26(27,28)29)34-15-7-14-33(25(34)36)20-8-5-6-13-31-20/h5-6,8-13,16,21-22,24H,3,7,14-15,30H2,1-2,4H3,(H,32,35)/t21-,22-,24?/m0/s1. The normalized spacial score (nSPS) is 17.0. The fourth-order valence-corrected chi connectivity index (χ4v) is 5.54. The molecule has 194 valence electrons. The molecule has 0 radical (unpaired) electrons. The van der Waals surface area contributed by atoms with Crippen molar-refractivity contribution in [1.29, 1.82) is 0 Å². The van der Waals surface area contributed by atoms with E-state index in [0.29, 0.717) is 35.3 Å². The van der Waals surface area contributed by atoms with Crippen molar-refractivity contribution in [2.45, 2.75) is 43.1 Å². The molecule has 10 heteroatoms. The summed E-state index contributed by atoms with van der Waals surface area (Å²) < 4.78 is -1.85. The summed E-state index contributed by atoms with van der Waals surface area (Å²) in [5.41, 5.74) is 8.25. The Balaban J connectivity index is 1.92. The zero-order chi connectivity index (χ0) is 26.6. The van der Waals surface area contributed by atoms with Gasteiger partial charge >= 0.3 is 0 Å². The average molecular weight is 569 g/mol. The first-order valence-electron chi connectivity index (χ1n) is 11.8. The Morgan fingerprint density at radius 1 is 1.17 bits per heavy atom. The lowest BCUT2D eigenvalue weighted by atomic mass is 9.75. The first-order chi connectivity index (χ1) is 16.9. The second kappa shape index (κ2) is 12.0. The first kappa shape index (κ1) is 28.5. The number of hydrogen-bond acceptors (Lipinski definition) is 4. The van der Waals surface area contributed by atoms with Gasteiger partial charge in [-0.3, -0.25) is 4.79 Å². The van der Waals surface area contributed by atoms with Gasteiger partial charge in [0.2, 0.25) is 9.70 Å². The Hall–Kier alpha value is -2.06. The van der Waals surface area contributed by atoms with E-state index in [1.165, 1.54) is 0 Å². The van der Waals surface area contributed by atoms with Crippen molar-refractivity contribution in [2.75, 3.05) is 23.7 Å². The molecule has 3 atom stereocenters. The number of alkyl halides is 3. The summed E-state index contributed by atoms with van der Waals surface area (Å²) in [4.78, 5) is 21.9. The lowest BCUT2D eigenvalue weighted by Crippen LogP contribution is -2.63. The lowest BCUT2D eigenvalue weighted by Gasteiger charge is -2.45. The Morgan fingerprint density at radius 3 is 2.36 bits per heavy atom. The molecule has 3 rings (SSSR count). The molecular formula is C26H32Cl3N5OS. The predicted octanol–water partition coefficient (Wildman–Crippen LogP) is 5.91. The molecule has 0 saturated carbocycles. The number of hydrogen-bond donors (Lipinski definition) is 2. The number of nitrogens with zero attached hydrogens (tertiary/aromatic N) is 3. The Morgan fingerprint density at radius 2 is 1.83 bits per heavy atom. The maximum atomic E-state index is 13.9. The summed E-state index contributed by atoms with van der Waals surface area (Å²) in [6.07, 6.45) is 1.45. The van der Waals surface area contributed by atoms with Crippen LogP contribution in [0.4, 0.5) is 11.5 Å². The van der Waals surface area contributed by atoms with E-state index < -0.39 is 15.9 Å². The number of carbonyl (C=O) groups excluding carboxylic acids is 1. The molecule has 2 aromatic rings. The fraction of sp³-hybridized carbons (Fsp3) is 0.423. The number of nitrogens with two attached hydrogens (primary N) is 1. The molecule has 1 unspecified atom stereocenters. The molecule has 0 bridgehead atoms. The quantitative estimate of drug-likeness (QED) is 0.179. The number of pyridine rings is 1. The van der Waals surface area contributed by atoms with E-state index in [0.717, 1.165) is 12.0 Å². The van der Waals surface area contributed by atoms with Crippen LogP contribution >= 0.6 is 47.0 Å². The van der Waals surface area contributed by atoms with Crippen LogP contribution in [0.15, 0.2) is 60.8 Å². The largest absolute Gasteiger partial charge is 0.399 e. The number of nitrogen functional groups attached to an aromatic ring is 1. The lowest BCUT2D eigenvalue weighted by molar-refractivity contribution is -0.126. The van der Waals surface area contributed by atoms with Gasteiger partial charge in [-0.25, -0.2) is 4.98 Å². The van der Waals surface area contributed by atoms with Crippen LogP contribution in [0.2, 0.25) is 0 Å². The Labute approximate surface area is 233 Å². The maximum absolute atomic E-state index is 13.9. The highest BCUT2D eigenvalue weighted by atomic mass is 35.6. The van der Waals surface area contributed by atoms with E-state index in [4.69, 9.17) is 52.8 Å². The predicted molar refractivity (Wildman–Crippen MR) is 154 cm³/mol. The van der Waals surface area contributed by atoms with Crippen LogP contribution in [-0.4, -0.2) is 44.0 Å². The molecule has 1 aromatic heterocycles. The molecule has 1 amide bonds. The molecule has 1 aromatic carbocycles. The summed E-state index contributed by atoms with van der Waals surface area (Å²) in [6.45, 7) is 11.3. The van der Waals surface area contributed by atoms with Crippen molar-refractivity contribution in [3.8, 4) is 0 Å². The number of halogens is 3. The molecule has 1 fully saturated rings. The van der Waals surface area contributed by atoms with Gasteiger partial charge in [0.15, 0.2) is 11.3 Å². The summed E-state index contributed by atoms with van der Waals surface area (Å²) in [7, 11) is 0. The van der Waals surface area contributed by atoms with Crippen molar-refractivity contribution in [3.63, 3.8) is 0 Å². The van der Waals surface area contributed by atoms with E-state index in [1.807, 2.05) is 54.3 Å². The minimum absolute atomic E-state index is 0.128. The zero-order valence-electron chi connectivity index (χ0n) is 20.6. The topological polar surface area (TPSA) is 74.5 Å². The number of nitrogens with one attached hydrogen (secondary N) is 1. The van der Waals surface area contributed by atoms with Crippen molar-refractivity contribution in [3.05, 3.63) is 66.4 Å². The summed E-state index contributed by atoms with van der Waals surface area (Å²) in [5, 5.41) is 3.43. The highest BCUT2D eigenvalue weighted by molar-refractivity contribution is 7.80. The molecule has 1 aliphatic heterocycles. The average Bonchev–Trinajstić information content (AvgIpc) is 2.81. The Bertz CT molecular complexity index is 1080. The van der Waals surface area contributed by atoms with Gasteiger partial charge in [-0.15, -0.1) is 0 Å². The molecule has 3 N–H and O–H groups in total. The summed E-state index contributed by atoms with van der Waals surface area (Å²) >= 11 is 25.1. The second-order valence-corrected chi connectivity index (χ2v) is 12.1. The third-order valence-electron chi connectivity index (χ3n) is 6.30. The number of anilines is 2. The van der Waals surface area contributed by atoms with Gasteiger partial charge in [0.1, 0.15) is 5.82 Å². The van der Waals surface area contributed by atoms with Crippen LogP contribution in [0.1, 0.15) is 38.7 Å². The highest BCUT2D eigenvalue weighted by Gasteiger charge is 2.44. The van der Waals surface area contributed by atoms with E-state index >= 15 is 0 Å². The van der Waals surface area contributed by atoms with Crippen LogP contribution in [0.25, 0.3) is 0 Å². The van der Waals surface area contributed by atoms with Crippen molar-refractivity contribution in [2.24, 2.45) is 11.8 Å². The van der Waals surface area contributed by atoms with E-state index in [2.05, 4.69) is 30.7 Å². The number of thiocarbonyl (C=S) groups is 1. The van der Waals surface area contributed by atoms with Gasteiger partial charge in [0.25, 0.3) is 0 Å². The van der Waals surface area contributed by atoms with Crippen LogP contribution in [-0.2, 0) is 4.79 Å². The van der Waals surface area contributed by atoms with E-state index in [-0.39, 0.29) is 17.7 Å². The number of aromatic nitrogens is 1. The Kier molecular flexibility index (Phi) is 9.50. The molecule has 2 heterocycles. The van der Waals surface area contributed by atoms with Gasteiger partial charge in [0, 0.05) is 30.9 Å². The van der Waals surface area contributed by atoms with Crippen molar-refractivity contribution < 1.29 is 4.79 Å². The first-order valence-corrected chi connectivity index (χ1v) is 13.3. The molecule has 36 heavy (non-hydrogen) atoms. The minimum atomic E-state index is -1.85. The van der Waals surface area contributed by atoms with Gasteiger partial charge in [-0.05, 0) is 61.3 Å². The molecule has 1 saturated heterocycles. The summed E-state index contributed by atoms with van der Waals surface area (Å²) in [6, 6.07) is 13.2. The highest BCUT2D eigenvalue weighted by Crippen LogP contribution is 2.38. The summed E-state index contributed by atoms with van der Waals surface area (Å²) in [5.74, 6) is -0.175. The number of amides is 1. The van der Waals surface area contributed by atoms with Crippen LogP contribution in [0.3, 0.4) is 0 Å². The van der Waals surface area contributed by atoms with Crippen LogP contribution in [0, 0.1) is 11.8 Å². The number of benzene rings is 1. The third kappa shape index (κ3) is 6.62. The van der Waals surface area contributed by atoms with Crippen molar-refractivity contribution >= 4 is 69.5 Å². The molecule has 1 aliphatic rings. The van der Waals surface area contributed by atoms with Gasteiger partial charge in [0.05, 0.1) is 5.92 Å². The SMILES string of the molecule is C=C(C)[C@H](C(=O)NC(N1CCCN(c2ccccn2)C1=S)C(Cl)(Cl)Cl)[C@H](c1ccc(N)cc1)C(C)C. The fourth-order valence-electron chi connectivity index (χ4n) is 4.65. The zero-order valence-corrected chi connectivity index (χ0v) is 23.7. The number of carbonyl (C=O) groups is 1. The molecule has 0 aliphatic carbocycles. The van der Waals surface area contributed by atoms with E-state index in [9.17, 15) is 4.79 Å². The minimum Gasteiger partial charge on any atom is -0.399 e. The van der Waals surface area contributed by atoms with Gasteiger partial charge in [-0.2, -0.15) is 0 Å². The van der Waals surface area contributed by atoms with Gasteiger partial charge in [-0.1, -0.05) is 79.0 Å². The number of rotatable bonds is 8. The second-order valence-electron chi connectivity index (χ2n) is 9.38. The van der Waals surface area contributed by atoms with Crippen LogP contribution < -0.4 is 16.0 Å². The van der Waals surface area contributed by atoms with E-state index in [1.54, 1.807) is 11.1 Å². The molecule has 0 spiro atoms. The third-order valence-corrected chi connectivity index (χ3v) is 7.37. The monoisotopic (exact) mass is 567 g/mol. The molecular weight excluding hydrogens is 537 g/mol. The van der Waals surface area contributed by atoms with Crippen LogP contribution in [0.5, 0.6) is 0 Å². The van der Waals surface area contributed by atoms with Crippen molar-refractivity contribution in [1.82, 2.24) is 15.2 Å². The maximum Gasteiger partial charge on any atom is 0.229 e.